The number of halogens is 1. The van der Waals surface area contributed by atoms with Gasteiger partial charge in [0, 0.05) is 0 Å². The Morgan fingerprint density at radius 1 is 0.643 bits per heavy atom. The molecule has 0 rings (SSSR count). The van der Waals surface area contributed by atoms with E-state index in [1.165, 1.54) is 72.3 Å². The minimum absolute atomic E-state index is 0. The van der Waals surface area contributed by atoms with E-state index in [1.54, 1.807) is 0 Å². The number of rotatable bonds is 10. The third-order valence-corrected chi connectivity index (χ3v) is 3.83. The fourth-order valence-corrected chi connectivity index (χ4v) is 2.81. The van der Waals surface area contributed by atoms with Crippen molar-refractivity contribution in [3.05, 3.63) is 0 Å². The van der Waals surface area contributed by atoms with Crippen LogP contribution in [0.4, 0.5) is 0 Å². The summed E-state index contributed by atoms with van der Waals surface area (Å²) in [6.07, 6.45) is 14.6. The molecule has 0 N–H and O–H groups in total. The van der Waals surface area contributed by atoms with Crippen LogP contribution in [0, 0.1) is 0 Å². The molecule has 88 valence electrons. The van der Waals surface area contributed by atoms with Crippen LogP contribution in [-0.2, 0) is 0 Å². The summed E-state index contributed by atoms with van der Waals surface area (Å²) in [7, 11) is 1.25. The van der Waals surface area contributed by atoms with Gasteiger partial charge in [-0.3, -0.25) is 0 Å². The van der Waals surface area contributed by atoms with Crippen LogP contribution < -0.4 is 0 Å². The Morgan fingerprint density at radius 2 is 1.14 bits per heavy atom. The molecule has 0 fully saturated rings. The summed E-state index contributed by atoms with van der Waals surface area (Å²) in [5.41, 5.74) is 0. The van der Waals surface area contributed by atoms with E-state index in [0.29, 0.717) is 0 Å². The molecule has 0 amide bonds. The quantitative estimate of drug-likeness (QED) is 0.360. The molecule has 0 spiro atoms. The molecule has 0 aliphatic rings. The predicted molar refractivity (Wildman–Crippen MR) is 73.6 cm³/mol. The Morgan fingerprint density at radius 3 is 1.79 bits per heavy atom. The minimum Gasteiger partial charge on any atom is -0.147 e. The first-order valence-electron chi connectivity index (χ1n) is 6.12. The van der Waals surface area contributed by atoms with Crippen molar-refractivity contribution in [2.75, 3.05) is 12.3 Å². The van der Waals surface area contributed by atoms with Crippen LogP contribution >= 0.6 is 21.0 Å². The van der Waals surface area contributed by atoms with Crippen molar-refractivity contribution in [2.45, 2.75) is 65.2 Å². The van der Waals surface area contributed by atoms with Gasteiger partial charge in [-0.2, -0.15) is 0 Å². The molecule has 0 aromatic carbocycles. The molecule has 0 bridgehead atoms. The van der Waals surface area contributed by atoms with Gasteiger partial charge in [0.1, 0.15) is 0 Å². The standard InChI is InChI=1S/C12H27P.ClH/c1-3-5-7-8-9-10-12-13-11-6-4-2;/h13H,3-12H2,1-2H3;1H. The zero-order valence-corrected chi connectivity index (χ0v) is 11.8. The summed E-state index contributed by atoms with van der Waals surface area (Å²) in [4.78, 5) is 0. The van der Waals surface area contributed by atoms with Crippen molar-refractivity contribution in [3.8, 4) is 0 Å². The maximum absolute atomic E-state index is 2.29. The summed E-state index contributed by atoms with van der Waals surface area (Å²) in [6, 6.07) is 0. The molecule has 0 saturated carbocycles. The number of hydrogen-bond acceptors (Lipinski definition) is 0. The van der Waals surface area contributed by atoms with Gasteiger partial charge in [-0.15, -0.1) is 21.0 Å². The van der Waals surface area contributed by atoms with Crippen molar-refractivity contribution in [3.63, 3.8) is 0 Å². The van der Waals surface area contributed by atoms with Crippen molar-refractivity contribution >= 4 is 21.0 Å². The van der Waals surface area contributed by atoms with Crippen LogP contribution in [0.3, 0.4) is 0 Å². The van der Waals surface area contributed by atoms with Crippen LogP contribution in [-0.4, -0.2) is 12.3 Å². The van der Waals surface area contributed by atoms with Gasteiger partial charge in [-0.05, 0) is 25.2 Å². The first kappa shape index (κ1) is 17.1. The van der Waals surface area contributed by atoms with Crippen molar-refractivity contribution < 1.29 is 0 Å². The second-order valence-electron chi connectivity index (χ2n) is 3.87. The second kappa shape index (κ2) is 16.2. The SMILES string of the molecule is CCCCCCCCPCCCC.Cl. The fraction of sp³-hybridized carbons (Fsp3) is 1.00. The highest BCUT2D eigenvalue weighted by Crippen LogP contribution is 2.16. The van der Waals surface area contributed by atoms with Crippen LogP contribution in [0.1, 0.15) is 65.2 Å². The highest BCUT2D eigenvalue weighted by Gasteiger charge is 1.90. The van der Waals surface area contributed by atoms with Crippen molar-refractivity contribution in [2.24, 2.45) is 0 Å². The molecule has 2 heteroatoms. The average Bonchev–Trinajstić information content (AvgIpc) is 2.16. The molecule has 0 nitrogen and oxygen atoms in total. The largest absolute Gasteiger partial charge is 0.147 e. The minimum atomic E-state index is 0. The monoisotopic (exact) mass is 238 g/mol. The van der Waals surface area contributed by atoms with Gasteiger partial charge in [0.05, 0.1) is 0 Å². The predicted octanol–water partition coefficient (Wildman–Crippen LogP) is 5.25. The molecular weight excluding hydrogens is 211 g/mol. The van der Waals surface area contributed by atoms with Crippen molar-refractivity contribution in [1.29, 1.82) is 0 Å². The topological polar surface area (TPSA) is 0 Å². The van der Waals surface area contributed by atoms with E-state index in [2.05, 4.69) is 13.8 Å². The lowest BCUT2D eigenvalue weighted by Gasteiger charge is -2.01. The van der Waals surface area contributed by atoms with Crippen LogP contribution in [0.15, 0.2) is 0 Å². The fourth-order valence-electron chi connectivity index (χ4n) is 1.46. The van der Waals surface area contributed by atoms with Gasteiger partial charge in [0.15, 0.2) is 0 Å². The van der Waals surface area contributed by atoms with Crippen molar-refractivity contribution in [1.82, 2.24) is 0 Å². The van der Waals surface area contributed by atoms with Gasteiger partial charge in [0.2, 0.25) is 0 Å². The molecule has 0 aromatic heterocycles. The van der Waals surface area contributed by atoms with E-state index in [-0.39, 0.29) is 12.4 Å². The Labute approximate surface area is 98.8 Å². The Bertz CT molecular complexity index is 76.4. The zero-order chi connectivity index (χ0) is 9.78. The summed E-state index contributed by atoms with van der Waals surface area (Å²) in [5.74, 6) is 0. The maximum Gasteiger partial charge on any atom is -0.0353 e. The average molecular weight is 239 g/mol. The summed E-state index contributed by atoms with van der Waals surface area (Å²) in [5, 5.41) is 0. The molecule has 1 unspecified atom stereocenters. The molecule has 0 radical (unpaired) electrons. The van der Waals surface area contributed by atoms with Gasteiger partial charge in [0.25, 0.3) is 0 Å². The highest BCUT2D eigenvalue weighted by atomic mass is 35.5. The van der Waals surface area contributed by atoms with E-state index in [1.807, 2.05) is 0 Å². The first-order chi connectivity index (χ1) is 6.41. The van der Waals surface area contributed by atoms with Gasteiger partial charge in [-0.1, -0.05) is 52.4 Å². The van der Waals surface area contributed by atoms with Gasteiger partial charge in [-0.25, -0.2) is 0 Å². The lowest BCUT2D eigenvalue weighted by molar-refractivity contribution is 0.626. The van der Waals surface area contributed by atoms with E-state index in [0.717, 1.165) is 0 Å². The highest BCUT2D eigenvalue weighted by molar-refractivity contribution is 7.37. The second-order valence-corrected chi connectivity index (χ2v) is 5.37. The smallest absolute Gasteiger partial charge is 0.0353 e. The molecule has 0 heterocycles. The Hall–Kier alpha value is 0.720. The van der Waals surface area contributed by atoms with Crippen LogP contribution in [0.5, 0.6) is 0 Å². The number of unbranched alkanes of at least 4 members (excludes halogenated alkanes) is 6. The van der Waals surface area contributed by atoms with E-state index >= 15 is 0 Å². The Balaban J connectivity index is 0. The van der Waals surface area contributed by atoms with Crippen LogP contribution in [0.25, 0.3) is 0 Å². The first-order valence-corrected chi connectivity index (χ1v) is 7.54. The summed E-state index contributed by atoms with van der Waals surface area (Å²) >= 11 is 0. The molecule has 0 aliphatic carbocycles. The lowest BCUT2D eigenvalue weighted by atomic mass is 10.1. The van der Waals surface area contributed by atoms with E-state index < -0.39 is 0 Å². The third-order valence-electron chi connectivity index (χ3n) is 2.41. The molecular formula is C12H28ClP. The molecule has 14 heavy (non-hydrogen) atoms. The molecule has 0 aliphatic heterocycles. The molecule has 0 aromatic rings. The molecule has 0 saturated heterocycles. The Kier molecular flexibility index (Phi) is 19.8. The lowest BCUT2D eigenvalue weighted by Crippen LogP contribution is -1.82. The molecule has 1 atom stereocenters. The summed E-state index contributed by atoms with van der Waals surface area (Å²) in [6.45, 7) is 4.57. The normalized spacial score (nSPS) is 10.7. The summed E-state index contributed by atoms with van der Waals surface area (Å²) < 4.78 is 0. The van der Waals surface area contributed by atoms with Gasteiger partial charge < -0.3 is 0 Å². The third kappa shape index (κ3) is 15.2. The van der Waals surface area contributed by atoms with E-state index in [4.69, 9.17) is 0 Å². The maximum atomic E-state index is 2.29. The number of hydrogen-bond donors (Lipinski definition) is 0. The van der Waals surface area contributed by atoms with E-state index in [9.17, 15) is 0 Å². The van der Waals surface area contributed by atoms with Crippen LogP contribution in [0.2, 0.25) is 0 Å². The van der Waals surface area contributed by atoms with Gasteiger partial charge >= 0.3 is 0 Å². The zero-order valence-electron chi connectivity index (χ0n) is 9.98.